The van der Waals surface area contributed by atoms with Crippen molar-refractivity contribution >= 4 is 23.2 Å². The lowest BCUT2D eigenvalue weighted by Crippen LogP contribution is -2.23. The molecule has 0 spiro atoms. The van der Waals surface area contributed by atoms with E-state index in [2.05, 4.69) is 10.6 Å². The lowest BCUT2D eigenvalue weighted by molar-refractivity contribution is -0.137. The average Bonchev–Trinajstić information content (AvgIpc) is 2.53. The molecular formula is C16H14F3N3O2. The van der Waals surface area contributed by atoms with Crippen LogP contribution in [0.2, 0.25) is 0 Å². The first kappa shape index (κ1) is 17.3. The summed E-state index contributed by atoms with van der Waals surface area (Å²) in [5, 5.41) is 4.96. The summed E-state index contributed by atoms with van der Waals surface area (Å²) in [4.78, 5) is 22.8. The van der Waals surface area contributed by atoms with Crippen LogP contribution in [0.1, 0.15) is 15.9 Å². The van der Waals surface area contributed by atoms with E-state index in [1.165, 1.54) is 42.5 Å². The molecule has 24 heavy (non-hydrogen) atoms. The van der Waals surface area contributed by atoms with Crippen molar-refractivity contribution in [3.8, 4) is 0 Å². The highest BCUT2D eigenvalue weighted by Gasteiger charge is 2.33. The first-order valence-corrected chi connectivity index (χ1v) is 6.87. The van der Waals surface area contributed by atoms with Crippen LogP contribution in [0, 0.1) is 0 Å². The van der Waals surface area contributed by atoms with Crippen molar-refractivity contribution in [1.82, 2.24) is 0 Å². The van der Waals surface area contributed by atoms with E-state index in [1.54, 1.807) is 0 Å². The van der Waals surface area contributed by atoms with Crippen LogP contribution < -0.4 is 16.4 Å². The molecular weight excluding hydrogens is 323 g/mol. The Morgan fingerprint density at radius 2 is 1.62 bits per heavy atom. The lowest BCUT2D eigenvalue weighted by Gasteiger charge is -2.14. The zero-order valence-electron chi connectivity index (χ0n) is 12.4. The van der Waals surface area contributed by atoms with Crippen molar-refractivity contribution in [2.24, 2.45) is 5.73 Å². The minimum Gasteiger partial charge on any atom is -0.376 e. The van der Waals surface area contributed by atoms with E-state index in [0.29, 0.717) is 11.3 Å². The molecule has 0 radical (unpaired) electrons. The van der Waals surface area contributed by atoms with Crippen molar-refractivity contribution in [2.75, 3.05) is 17.2 Å². The number of halogens is 3. The van der Waals surface area contributed by atoms with Crippen LogP contribution in [0.15, 0.2) is 48.5 Å². The van der Waals surface area contributed by atoms with Gasteiger partial charge in [-0.2, -0.15) is 13.2 Å². The van der Waals surface area contributed by atoms with Crippen LogP contribution in [0.4, 0.5) is 24.5 Å². The standard InChI is InChI=1S/C16H14F3N3O2/c17-16(18,19)12-3-1-2-4-13(12)22-14(23)9-21-11-7-5-10(6-8-11)15(20)24/h1-8,21H,9H2,(H2,20,24)(H,22,23). The zero-order chi connectivity index (χ0) is 17.7. The Kier molecular flexibility index (Phi) is 5.08. The summed E-state index contributed by atoms with van der Waals surface area (Å²) in [5.41, 5.74) is 4.72. The largest absolute Gasteiger partial charge is 0.418 e. The van der Waals surface area contributed by atoms with Crippen LogP contribution >= 0.6 is 0 Å². The summed E-state index contributed by atoms with van der Waals surface area (Å²) in [7, 11) is 0. The molecule has 0 aliphatic heterocycles. The van der Waals surface area contributed by atoms with Gasteiger partial charge in [-0.15, -0.1) is 0 Å². The molecule has 0 aliphatic rings. The lowest BCUT2D eigenvalue weighted by atomic mass is 10.1. The number of para-hydroxylation sites is 1. The summed E-state index contributed by atoms with van der Waals surface area (Å²) in [6, 6.07) is 10.8. The van der Waals surface area contributed by atoms with Crippen molar-refractivity contribution < 1.29 is 22.8 Å². The highest BCUT2D eigenvalue weighted by atomic mass is 19.4. The molecule has 126 valence electrons. The van der Waals surface area contributed by atoms with Gasteiger partial charge in [-0.3, -0.25) is 9.59 Å². The summed E-state index contributed by atoms with van der Waals surface area (Å²) < 4.78 is 38.5. The molecule has 0 bridgehead atoms. The molecule has 4 N–H and O–H groups in total. The summed E-state index contributed by atoms with van der Waals surface area (Å²) in [6.45, 7) is -0.234. The fraction of sp³-hybridized carbons (Fsp3) is 0.125. The molecule has 0 fully saturated rings. The topological polar surface area (TPSA) is 84.2 Å². The Morgan fingerprint density at radius 1 is 1.00 bits per heavy atom. The van der Waals surface area contributed by atoms with Crippen molar-refractivity contribution in [2.45, 2.75) is 6.18 Å². The van der Waals surface area contributed by atoms with Crippen LogP contribution in [-0.2, 0) is 11.0 Å². The van der Waals surface area contributed by atoms with Gasteiger partial charge in [0, 0.05) is 11.3 Å². The predicted octanol–water partition coefficient (Wildman–Crippen LogP) is 2.85. The first-order valence-electron chi connectivity index (χ1n) is 6.87. The monoisotopic (exact) mass is 337 g/mol. The van der Waals surface area contributed by atoms with Gasteiger partial charge in [0.15, 0.2) is 0 Å². The third-order valence-electron chi connectivity index (χ3n) is 3.13. The molecule has 0 saturated carbocycles. The number of rotatable bonds is 5. The fourth-order valence-electron chi connectivity index (χ4n) is 1.97. The Balaban J connectivity index is 1.98. The molecule has 2 rings (SSSR count). The average molecular weight is 337 g/mol. The quantitative estimate of drug-likeness (QED) is 0.784. The smallest absolute Gasteiger partial charge is 0.376 e. The molecule has 8 heteroatoms. The number of carbonyl (C=O) groups is 2. The number of amides is 2. The number of primary amides is 1. The Hall–Kier alpha value is -3.03. The number of hydrogen-bond donors (Lipinski definition) is 3. The van der Waals surface area contributed by atoms with Gasteiger partial charge in [0.1, 0.15) is 0 Å². The molecule has 0 heterocycles. The number of carbonyl (C=O) groups excluding carboxylic acids is 2. The highest BCUT2D eigenvalue weighted by Crippen LogP contribution is 2.34. The van der Waals surface area contributed by atoms with Crippen molar-refractivity contribution in [1.29, 1.82) is 0 Å². The molecule has 0 saturated heterocycles. The predicted molar refractivity (Wildman–Crippen MR) is 83.5 cm³/mol. The maximum atomic E-state index is 12.8. The highest BCUT2D eigenvalue weighted by molar-refractivity contribution is 5.95. The van der Waals surface area contributed by atoms with E-state index in [9.17, 15) is 22.8 Å². The molecule has 5 nitrogen and oxygen atoms in total. The fourth-order valence-corrected chi connectivity index (χ4v) is 1.97. The van der Waals surface area contributed by atoms with E-state index < -0.39 is 23.6 Å². The van der Waals surface area contributed by atoms with Crippen LogP contribution in [0.3, 0.4) is 0 Å². The molecule has 0 atom stereocenters. The second kappa shape index (κ2) is 7.03. The van der Waals surface area contributed by atoms with Gasteiger partial charge in [0.2, 0.25) is 11.8 Å². The number of hydrogen-bond acceptors (Lipinski definition) is 3. The molecule has 0 unspecified atom stereocenters. The Bertz CT molecular complexity index is 743. The normalized spacial score (nSPS) is 11.0. The summed E-state index contributed by atoms with van der Waals surface area (Å²) >= 11 is 0. The van der Waals surface area contributed by atoms with Gasteiger partial charge >= 0.3 is 6.18 Å². The molecule has 0 aliphatic carbocycles. The van der Waals surface area contributed by atoms with E-state index in [-0.39, 0.29) is 12.2 Å². The minimum atomic E-state index is -4.55. The van der Waals surface area contributed by atoms with Gasteiger partial charge in [0.25, 0.3) is 0 Å². The summed E-state index contributed by atoms with van der Waals surface area (Å²) in [5.74, 6) is -1.21. The zero-order valence-corrected chi connectivity index (χ0v) is 12.4. The third kappa shape index (κ3) is 4.48. The molecule has 2 aromatic rings. The van der Waals surface area contributed by atoms with Crippen molar-refractivity contribution in [3.05, 3.63) is 59.7 Å². The van der Waals surface area contributed by atoms with E-state index in [4.69, 9.17) is 5.73 Å². The van der Waals surface area contributed by atoms with E-state index in [0.717, 1.165) is 6.07 Å². The van der Waals surface area contributed by atoms with Crippen molar-refractivity contribution in [3.63, 3.8) is 0 Å². The van der Waals surface area contributed by atoms with Gasteiger partial charge < -0.3 is 16.4 Å². The van der Waals surface area contributed by atoms with E-state index >= 15 is 0 Å². The number of nitrogens with two attached hydrogens (primary N) is 1. The maximum absolute atomic E-state index is 12.8. The summed E-state index contributed by atoms with van der Waals surface area (Å²) in [6.07, 6.45) is -4.55. The number of nitrogens with one attached hydrogen (secondary N) is 2. The number of anilines is 2. The minimum absolute atomic E-state index is 0.234. The number of benzene rings is 2. The number of alkyl halides is 3. The second-order valence-electron chi connectivity index (χ2n) is 4.89. The maximum Gasteiger partial charge on any atom is 0.418 e. The van der Waals surface area contributed by atoms with Gasteiger partial charge in [-0.1, -0.05) is 12.1 Å². The molecule has 2 aromatic carbocycles. The Morgan fingerprint density at radius 3 is 2.21 bits per heavy atom. The van der Waals surface area contributed by atoms with E-state index in [1.807, 2.05) is 0 Å². The Labute approximate surface area is 135 Å². The van der Waals surface area contributed by atoms with Gasteiger partial charge in [0.05, 0.1) is 17.8 Å². The van der Waals surface area contributed by atoms with Crippen LogP contribution in [0.5, 0.6) is 0 Å². The first-order chi connectivity index (χ1) is 11.3. The van der Waals surface area contributed by atoms with Gasteiger partial charge in [-0.25, -0.2) is 0 Å². The van der Waals surface area contributed by atoms with Gasteiger partial charge in [-0.05, 0) is 36.4 Å². The van der Waals surface area contributed by atoms with Crippen LogP contribution in [-0.4, -0.2) is 18.4 Å². The SMILES string of the molecule is NC(=O)c1ccc(NCC(=O)Nc2ccccc2C(F)(F)F)cc1. The molecule has 0 aromatic heterocycles. The third-order valence-corrected chi connectivity index (χ3v) is 3.13. The van der Waals surface area contributed by atoms with Crippen LogP contribution in [0.25, 0.3) is 0 Å². The second-order valence-corrected chi connectivity index (χ2v) is 4.89. The molecule has 2 amide bonds.